The van der Waals surface area contributed by atoms with Gasteiger partial charge in [0.15, 0.2) is 0 Å². The molecule has 7 rings (SSSR count). The van der Waals surface area contributed by atoms with Crippen LogP contribution in [0.1, 0.15) is 200 Å². The minimum Gasteiger partial charge on any atom is -0.507 e. The van der Waals surface area contributed by atoms with Crippen LogP contribution < -0.4 is 9.47 Å². The van der Waals surface area contributed by atoms with E-state index in [2.05, 4.69) is 107 Å². The molecular formula is C64H78N2O4. The third-order valence-electron chi connectivity index (χ3n) is 14.2. The third-order valence-corrected chi connectivity index (χ3v) is 14.2. The molecule has 6 aromatic rings. The summed E-state index contributed by atoms with van der Waals surface area (Å²) in [6.07, 6.45) is 7.50. The highest BCUT2D eigenvalue weighted by Gasteiger charge is 2.25. The second kappa shape index (κ2) is 23.2. The van der Waals surface area contributed by atoms with E-state index in [0.29, 0.717) is 71.0 Å². The maximum absolute atomic E-state index is 11.9. The summed E-state index contributed by atoms with van der Waals surface area (Å²) in [4.78, 5) is 10.2. The maximum Gasteiger partial charge on any atom is 0.132 e. The van der Waals surface area contributed by atoms with Gasteiger partial charge in [0.2, 0.25) is 0 Å². The van der Waals surface area contributed by atoms with Crippen molar-refractivity contribution < 1.29 is 19.7 Å². The molecule has 1 aliphatic carbocycles. The van der Waals surface area contributed by atoms with Crippen molar-refractivity contribution in [2.45, 2.75) is 170 Å². The lowest BCUT2D eigenvalue weighted by atomic mass is 9.85. The quantitative estimate of drug-likeness (QED) is 0.0841. The van der Waals surface area contributed by atoms with E-state index in [0.717, 1.165) is 48.3 Å². The van der Waals surface area contributed by atoms with Gasteiger partial charge in [-0.25, -0.2) is 0 Å². The molecule has 70 heavy (non-hydrogen) atoms. The molecule has 0 radical (unpaired) electrons. The fraction of sp³-hybridized carbons (Fsp3) is 0.406. The molecule has 1 unspecified atom stereocenters. The molecule has 0 bridgehead atoms. The van der Waals surface area contributed by atoms with Gasteiger partial charge in [0.05, 0.1) is 12.1 Å². The van der Waals surface area contributed by atoms with Crippen LogP contribution in [0.25, 0.3) is 22.3 Å². The number of rotatable bonds is 18. The molecule has 6 heteroatoms. The van der Waals surface area contributed by atoms with Crippen molar-refractivity contribution in [2.24, 2.45) is 9.98 Å². The molecule has 0 saturated heterocycles. The lowest BCUT2D eigenvalue weighted by Crippen LogP contribution is -2.27. The molecule has 2 atom stereocenters. The van der Waals surface area contributed by atoms with Gasteiger partial charge in [-0.15, -0.1) is 0 Å². The van der Waals surface area contributed by atoms with Crippen LogP contribution in [0.2, 0.25) is 0 Å². The zero-order valence-corrected chi connectivity index (χ0v) is 44.0. The molecule has 0 spiro atoms. The zero-order valence-electron chi connectivity index (χ0n) is 44.0. The van der Waals surface area contributed by atoms with Gasteiger partial charge in [0, 0.05) is 45.8 Å². The van der Waals surface area contributed by atoms with Crippen molar-refractivity contribution in [2.75, 3.05) is 0 Å². The largest absolute Gasteiger partial charge is 0.507 e. The SMILES string of the molecule is CC(C)c1cc(C(C)C)c(COc2ccccc2-c2cccc(/C=N/C3CCCC[C@H]3/N=C/c3cccc(-c4ccccc4OCc4c(C(C)C)cc(C(C)C)cc4C(C)C)c3O)c2O)c(C(C)C)c1. The van der Waals surface area contributed by atoms with Crippen LogP contribution in [-0.2, 0) is 13.2 Å². The standard InChI is InChI=1S/C64H78N2O4/c1-39(2)47-31-53(41(5)6)57(54(32-47)42(7)8)37-69-61-29-17-13-23-49(61)51-25-19-21-45(63(51)67)35-65-59-27-15-16-28-60(59)66-36-46-22-20-26-52(64(46)68)50-24-14-18-30-62(50)70-38-58-55(43(9)10)33-48(40(3)4)34-56(58)44(11)12/h13-14,17-26,29-36,39-44,59-60,67-68H,15-16,27-28,37-38H2,1-12H3/b65-35+,66-36+/t59-,60?/m1/s1. The molecule has 0 aromatic heterocycles. The number of hydrogen-bond donors (Lipinski definition) is 2. The van der Waals surface area contributed by atoms with E-state index in [4.69, 9.17) is 19.5 Å². The second-order valence-electron chi connectivity index (χ2n) is 21.3. The lowest BCUT2D eigenvalue weighted by Gasteiger charge is -2.25. The summed E-state index contributed by atoms with van der Waals surface area (Å²) in [5.41, 5.74) is 14.9. The number of nitrogens with zero attached hydrogens (tertiary/aromatic N) is 2. The molecule has 0 amide bonds. The molecule has 0 aliphatic heterocycles. The van der Waals surface area contributed by atoms with E-state index in [-0.39, 0.29) is 23.6 Å². The van der Waals surface area contributed by atoms with Crippen molar-refractivity contribution in [3.05, 3.63) is 165 Å². The Bertz CT molecular complexity index is 2540. The average Bonchev–Trinajstić information content (AvgIpc) is 3.34. The van der Waals surface area contributed by atoms with E-state index in [1.165, 1.54) is 44.5 Å². The van der Waals surface area contributed by atoms with Gasteiger partial charge >= 0.3 is 0 Å². The predicted octanol–water partition coefficient (Wildman–Crippen LogP) is 17.2. The van der Waals surface area contributed by atoms with Crippen LogP contribution in [0, 0.1) is 0 Å². The molecule has 0 heterocycles. The van der Waals surface area contributed by atoms with Crippen LogP contribution in [0.4, 0.5) is 0 Å². The van der Waals surface area contributed by atoms with Crippen molar-refractivity contribution in [1.82, 2.24) is 0 Å². The summed E-state index contributed by atoms with van der Waals surface area (Å²) < 4.78 is 13.4. The number of hydrogen-bond acceptors (Lipinski definition) is 6. The number of phenols is 2. The summed E-state index contributed by atoms with van der Waals surface area (Å²) in [5.74, 6) is 4.08. The summed E-state index contributed by atoms with van der Waals surface area (Å²) in [6, 6.07) is 36.9. The number of aliphatic imine (C=N–C) groups is 2. The molecule has 2 N–H and O–H groups in total. The average molecular weight is 939 g/mol. The number of phenolic OH excluding ortho intramolecular Hbond substituents is 2. The van der Waals surface area contributed by atoms with E-state index in [1.807, 2.05) is 97.4 Å². The third kappa shape index (κ3) is 11.9. The number of aromatic hydroxyl groups is 2. The highest BCUT2D eigenvalue weighted by Crippen LogP contribution is 2.41. The van der Waals surface area contributed by atoms with Crippen LogP contribution in [-0.4, -0.2) is 34.7 Å². The monoisotopic (exact) mass is 939 g/mol. The Morgan fingerprint density at radius 1 is 0.443 bits per heavy atom. The molecule has 6 nitrogen and oxygen atoms in total. The highest BCUT2D eigenvalue weighted by molar-refractivity contribution is 5.91. The van der Waals surface area contributed by atoms with E-state index < -0.39 is 0 Å². The first-order chi connectivity index (χ1) is 33.5. The lowest BCUT2D eigenvalue weighted by molar-refractivity contribution is 0.303. The van der Waals surface area contributed by atoms with Gasteiger partial charge in [0.1, 0.15) is 36.2 Å². The maximum atomic E-state index is 11.9. The summed E-state index contributed by atoms with van der Waals surface area (Å²) in [5, 5.41) is 23.7. The van der Waals surface area contributed by atoms with Gasteiger partial charge < -0.3 is 19.7 Å². The second-order valence-corrected chi connectivity index (χ2v) is 21.3. The Balaban J connectivity index is 1.10. The summed E-state index contributed by atoms with van der Waals surface area (Å²) in [6.45, 7) is 28.0. The van der Waals surface area contributed by atoms with Gasteiger partial charge in [0.25, 0.3) is 0 Å². The van der Waals surface area contributed by atoms with Gasteiger partial charge in [-0.2, -0.15) is 0 Å². The van der Waals surface area contributed by atoms with Crippen molar-refractivity contribution >= 4 is 12.4 Å². The van der Waals surface area contributed by atoms with Crippen LogP contribution in [0.3, 0.4) is 0 Å². The Labute approximate surface area is 420 Å². The van der Waals surface area contributed by atoms with Crippen LogP contribution in [0.5, 0.6) is 23.0 Å². The van der Waals surface area contributed by atoms with Crippen LogP contribution >= 0.6 is 0 Å². The summed E-state index contributed by atoms with van der Waals surface area (Å²) in [7, 11) is 0. The fourth-order valence-electron chi connectivity index (χ4n) is 10.0. The van der Waals surface area contributed by atoms with Crippen LogP contribution in [0.15, 0.2) is 119 Å². The highest BCUT2D eigenvalue weighted by atomic mass is 16.5. The van der Waals surface area contributed by atoms with Gasteiger partial charge in [-0.3, -0.25) is 9.98 Å². The molecule has 6 aromatic carbocycles. The first kappa shape index (κ1) is 51.7. The first-order valence-electron chi connectivity index (χ1n) is 26.0. The normalized spacial score (nSPS) is 15.5. The number of para-hydroxylation sites is 4. The molecule has 368 valence electrons. The van der Waals surface area contributed by atoms with E-state index in [9.17, 15) is 10.2 Å². The first-order valence-corrected chi connectivity index (χ1v) is 26.0. The summed E-state index contributed by atoms with van der Waals surface area (Å²) >= 11 is 0. The van der Waals surface area contributed by atoms with E-state index >= 15 is 0 Å². The Hall–Kier alpha value is -6.14. The molecule has 1 aliphatic rings. The Morgan fingerprint density at radius 3 is 1.10 bits per heavy atom. The predicted molar refractivity (Wildman–Crippen MR) is 294 cm³/mol. The fourth-order valence-corrected chi connectivity index (χ4v) is 10.0. The van der Waals surface area contributed by atoms with Gasteiger partial charge in [-0.05, 0) is 117 Å². The smallest absolute Gasteiger partial charge is 0.132 e. The Morgan fingerprint density at radius 2 is 0.771 bits per heavy atom. The number of benzene rings is 6. The van der Waals surface area contributed by atoms with Crippen molar-refractivity contribution in [3.8, 4) is 45.3 Å². The molecular weight excluding hydrogens is 861 g/mol. The molecule has 1 fully saturated rings. The zero-order chi connectivity index (χ0) is 50.2. The minimum atomic E-state index is -0.0726. The van der Waals surface area contributed by atoms with Crippen molar-refractivity contribution in [3.63, 3.8) is 0 Å². The minimum absolute atomic E-state index is 0.0726. The topological polar surface area (TPSA) is 83.6 Å². The van der Waals surface area contributed by atoms with E-state index in [1.54, 1.807) is 0 Å². The van der Waals surface area contributed by atoms with Crippen molar-refractivity contribution in [1.29, 1.82) is 0 Å². The van der Waals surface area contributed by atoms with Gasteiger partial charge in [-0.1, -0.05) is 181 Å². The number of ether oxygens (including phenoxy) is 2. The molecule has 1 saturated carbocycles. The Kier molecular flexibility index (Phi) is 17.1.